The molecule has 6 heteroatoms. The van der Waals surface area contributed by atoms with Gasteiger partial charge in [-0.2, -0.15) is 11.8 Å². The van der Waals surface area contributed by atoms with E-state index in [9.17, 15) is 0 Å². The number of nitrogens with zero attached hydrogens (tertiary/aromatic N) is 2. The molecule has 0 aromatic carbocycles. The van der Waals surface area contributed by atoms with Gasteiger partial charge in [-0.05, 0) is 12.8 Å². The van der Waals surface area contributed by atoms with Gasteiger partial charge in [-0.1, -0.05) is 12.8 Å². The number of hydrazine groups is 1. The predicted molar refractivity (Wildman–Crippen MR) is 77.1 cm³/mol. The third-order valence-electron chi connectivity index (χ3n) is 3.79. The van der Waals surface area contributed by atoms with Crippen LogP contribution < -0.4 is 11.3 Å². The average Bonchev–Trinajstić information content (AvgIpc) is 3.02. The molecule has 0 bridgehead atoms. The van der Waals surface area contributed by atoms with Crippen LogP contribution in [0.25, 0.3) is 0 Å². The number of aromatic nitrogens is 2. The Bertz CT molecular complexity index is 431. The van der Waals surface area contributed by atoms with Crippen LogP contribution in [0.15, 0.2) is 6.07 Å². The topological polar surface area (TPSA) is 73.1 Å². The summed E-state index contributed by atoms with van der Waals surface area (Å²) in [5.74, 6) is 9.56. The van der Waals surface area contributed by atoms with Crippen molar-refractivity contribution in [2.75, 3.05) is 23.5 Å². The quantitative estimate of drug-likeness (QED) is 0.653. The molecule has 1 atom stereocenters. The lowest BCUT2D eigenvalue weighted by molar-refractivity contribution is 0.0693. The number of hydrogen-bond donors (Lipinski definition) is 2. The molecular formula is C13H20N4OS. The van der Waals surface area contributed by atoms with Crippen LogP contribution >= 0.6 is 11.8 Å². The van der Waals surface area contributed by atoms with E-state index in [1.807, 2.05) is 17.8 Å². The second kappa shape index (κ2) is 6.07. The van der Waals surface area contributed by atoms with Crippen LogP contribution in [0.2, 0.25) is 0 Å². The standard InChI is InChI=1S/C13H20N4OS/c14-17-12-7-10(9-3-1-2-4-9)15-13(16-12)11-8-19-6-5-18-11/h7,9,11H,1-6,8,14H2,(H,15,16,17). The molecule has 3 rings (SSSR count). The van der Waals surface area contributed by atoms with Crippen LogP contribution in [0, 0.1) is 0 Å². The van der Waals surface area contributed by atoms with Gasteiger partial charge in [0, 0.05) is 29.2 Å². The fraction of sp³-hybridized carbons (Fsp3) is 0.692. The summed E-state index contributed by atoms with van der Waals surface area (Å²) in [6.45, 7) is 0.776. The largest absolute Gasteiger partial charge is 0.368 e. The number of nitrogen functional groups attached to an aromatic ring is 1. The minimum absolute atomic E-state index is 0.00667. The summed E-state index contributed by atoms with van der Waals surface area (Å²) in [6, 6.07) is 1.98. The molecule has 2 fully saturated rings. The van der Waals surface area contributed by atoms with E-state index in [2.05, 4.69) is 10.4 Å². The number of anilines is 1. The SMILES string of the molecule is NNc1cc(C2CCCC2)nc(C2CSCCO2)n1. The second-order valence-corrected chi connectivity index (χ2v) is 6.25. The van der Waals surface area contributed by atoms with Gasteiger partial charge in [-0.25, -0.2) is 15.8 Å². The monoisotopic (exact) mass is 280 g/mol. The zero-order valence-corrected chi connectivity index (χ0v) is 11.8. The number of hydrogen-bond acceptors (Lipinski definition) is 6. The average molecular weight is 280 g/mol. The van der Waals surface area contributed by atoms with Crippen molar-refractivity contribution >= 4 is 17.6 Å². The molecule has 3 N–H and O–H groups in total. The van der Waals surface area contributed by atoms with Crippen molar-refractivity contribution in [1.29, 1.82) is 0 Å². The highest BCUT2D eigenvalue weighted by Crippen LogP contribution is 2.34. The summed E-state index contributed by atoms with van der Waals surface area (Å²) in [7, 11) is 0. The van der Waals surface area contributed by atoms with Crippen molar-refractivity contribution in [3.8, 4) is 0 Å². The maximum Gasteiger partial charge on any atom is 0.160 e. The lowest BCUT2D eigenvalue weighted by Crippen LogP contribution is -2.20. The lowest BCUT2D eigenvalue weighted by atomic mass is 10.0. The Morgan fingerprint density at radius 1 is 1.32 bits per heavy atom. The van der Waals surface area contributed by atoms with Crippen LogP contribution in [-0.4, -0.2) is 28.1 Å². The summed E-state index contributed by atoms with van der Waals surface area (Å²) >= 11 is 1.89. The van der Waals surface area contributed by atoms with Gasteiger partial charge >= 0.3 is 0 Å². The molecule has 104 valence electrons. The molecule has 5 nitrogen and oxygen atoms in total. The van der Waals surface area contributed by atoms with Crippen molar-refractivity contribution in [3.63, 3.8) is 0 Å². The maximum atomic E-state index is 5.77. The van der Waals surface area contributed by atoms with Crippen LogP contribution in [-0.2, 0) is 4.74 Å². The predicted octanol–water partition coefficient (Wildman–Crippen LogP) is 2.22. The Kier molecular flexibility index (Phi) is 4.20. The van der Waals surface area contributed by atoms with Crippen molar-refractivity contribution in [2.45, 2.75) is 37.7 Å². The van der Waals surface area contributed by atoms with Crippen LogP contribution in [0.4, 0.5) is 5.82 Å². The van der Waals surface area contributed by atoms with Gasteiger partial charge in [0.25, 0.3) is 0 Å². The molecule has 1 saturated carbocycles. The highest BCUT2D eigenvalue weighted by atomic mass is 32.2. The minimum atomic E-state index is 0.00667. The molecule has 1 unspecified atom stereocenters. The van der Waals surface area contributed by atoms with E-state index in [-0.39, 0.29) is 6.10 Å². The first-order valence-electron chi connectivity index (χ1n) is 6.91. The third-order valence-corrected chi connectivity index (χ3v) is 4.78. The van der Waals surface area contributed by atoms with Crippen molar-refractivity contribution in [1.82, 2.24) is 9.97 Å². The van der Waals surface area contributed by atoms with E-state index in [1.165, 1.54) is 25.7 Å². The Hall–Kier alpha value is -0.850. The fourth-order valence-electron chi connectivity index (χ4n) is 2.77. The van der Waals surface area contributed by atoms with Crippen molar-refractivity contribution < 1.29 is 4.74 Å². The van der Waals surface area contributed by atoms with Gasteiger partial charge in [0.05, 0.1) is 6.61 Å². The zero-order valence-electron chi connectivity index (χ0n) is 11.0. The van der Waals surface area contributed by atoms with Crippen LogP contribution in [0.1, 0.15) is 49.2 Å². The molecule has 2 aliphatic rings. The lowest BCUT2D eigenvalue weighted by Gasteiger charge is -2.22. The van der Waals surface area contributed by atoms with Gasteiger partial charge in [0.1, 0.15) is 11.9 Å². The van der Waals surface area contributed by atoms with Gasteiger partial charge in [0.2, 0.25) is 0 Å². The van der Waals surface area contributed by atoms with Gasteiger partial charge < -0.3 is 10.2 Å². The summed E-state index contributed by atoms with van der Waals surface area (Å²) in [5, 5.41) is 0. The number of thioether (sulfide) groups is 1. The Morgan fingerprint density at radius 2 is 2.16 bits per heavy atom. The first kappa shape index (κ1) is 13.1. The van der Waals surface area contributed by atoms with Crippen molar-refractivity contribution in [2.24, 2.45) is 5.84 Å². The molecule has 19 heavy (non-hydrogen) atoms. The summed E-state index contributed by atoms with van der Waals surface area (Å²) in [5.41, 5.74) is 3.78. The zero-order chi connectivity index (χ0) is 13.1. The molecule has 0 spiro atoms. The van der Waals surface area contributed by atoms with E-state index >= 15 is 0 Å². The molecule has 0 amide bonds. The third kappa shape index (κ3) is 3.01. The highest BCUT2D eigenvalue weighted by molar-refractivity contribution is 7.99. The molecule has 1 aromatic heterocycles. The first-order chi connectivity index (χ1) is 9.36. The number of rotatable bonds is 3. The normalized spacial score (nSPS) is 24.6. The summed E-state index contributed by atoms with van der Waals surface area (Å²) in [6.07, 6.45) is 5.05. The molecule has 0 radical (unpaired) electrons. The van der Waals surface area contributed by atoms with Crippen LogP contribution in [0.3, 0.4) is 0 Å². The fourth-order valence-corrected chi connectivity index (χ4v) is 3.61. The summed E-state index contributed by atoms with van der Waals surface area (Å²) < 4.78 is 5.77. The molecule has 1 aliphatic carbocycles. The Labute approximate surface area is 117 Å². The molecule has 2 heterocycles. The first-order valence-corrected chi connectivity index (χ1v) is 8.07. The van der Waals surface area contributed by atoms with Gasteiger partial charge in [0.15, 0.2) is 5.82 Å². The van der Waals surface area contributed by atoms with Crippen LogP contribution in [0.5, 0.6) is 0 Å². The molecule has 1 aromatic rings. The second-order valence-electron chi connectivity index (χ2n) is 5.10. The number of ether oxygens (including phenoxy) is 1. The van der Waals surface area contributed by atoms with Crippen molar-refractivity contribution in [3.05, 3.63) is 17.6 Å². The Morgan fingerprint density at radius 3 is 2.84 bits per heavy atom. The van der Waals surface area contributed by atoms with Gasteiger partial charge in [-0.15, -0.1) is 0 Å². The Balaban J connectivity index is 1.87. The molecule has 1 saturated heterocycles. The maximum absolute atomic E-state index is 5.77. The van der Waals surface area contributed by atoms with E-state index in [1.54, 1.807) is 0 Å². The molecule has 1 aliphatic heterocycles. The molecular weight excluding hydrogens is 260 g/mol. The van der Waals surface area contributed by atoms with E-state index in [4.69, 9.17) is 15.6 Å². The number of nitrogens with two attached hydrogens (primary N) is 1. The number of nitrogens with one attached hydrogen (secondary N) is 1. The highest BCUT2D eigenvalue weighted by Gasteiger charge is 2.24. The van der Waals surface area contributed by atoms with Gasteiger partial charge in [-0.3, -0.25) is 0 Å². The minimum Gasteiger partial charge on any atom is -0.368 e. The summed E-state index contributed by atoms with van der Waals surface area (Å²) in [4.78, 5) is 9.20. The van der Waals surface area contributed by atoms with E-state index < -0.39 is 0 Å². The smallest absolute Gasteiger partial charge is 0.160 e. The van der Waals surface area contributed by atoms with E-state index in [0.29, 0.717) is 11.7 Å². The van der Waals surface area contributed by atoms with E-state index in [0.717, 1.165) is 29.6 Å².